The summed E-state index contributed by atoms with van der Waals surface area (Å²) in [4.78, 5) is 4.28. The number of phenolic OH excluding ortho intramolecular Hbond substituents is 1. The van der Waals surface area contributed by atoms with Gasteiger partial charge >= 0.3 is 0 Å². The van der Waals surface area contributed by atoms with Crippen LogP contribution in [0.4, 0.5) is 5.69 Å². The van der Waals surface area contributed by atoms with Crippen molar-refractivity contribution in [2.45, 2.75) is 19.9 Å². The summed E-state index contributed by atoms with van der Waals surface area (Å²) in [5.74, 6) is 1.89. The number of hydrogen-bond donors (Lipinski definition) is 3. The summed E-state index contributed by atoms with van der Waals surface area (Å²) in [5.41, 5.74) is 0.937. The number of benzene rings is 1. The third-order valence-electron chi connectivity index (χ3n) is 2.22. The first-order chi connectivity index (χ1) is 7.78. The second-order valence-corrected chi connectivity index (χ2v) is 3.45. The number of aromatic hydroxyl groups is 1. The summed E-state index contributed by atoms with van der Waals surface area (Å²) < 4.78 is 0. The van der Waals surface area contributed by atoms with E-state index in [-0.39, 0.29) is 5.75 Å². The van der Waals surface area contributed by atoms with Gasteiger partial charge in [-0.05, 0) is 24.3 Å². The molecule has 16 heavy (non-hydrogen) atoms. The van der Waals surface area contributed by atoms with E-state index in [1.807, 2.05) is 19.1 Å². The Balaban J connectivity index is 1.94. The van der Waals surface area contributed by atoms with Crippen molar-refractivity contribution < 1.29 is 5.11 Å². The van der Waals surface area contributed by atoms with Gasteiger partial charge in [-0.2, -0.15) is 5.10 Å². The summed E-state index contributed by atoms with van der Waals surface area (Å²) in [6.45, 7) is 2.61. The number of hydrogen-bond acceptors (Lipinski definition) is 4. The van der Waals surface area contributed by atoms with Crippen LogP contribution in [0.15, 0.2) is 24.3 Å². The Kier molecular flexibility index (Phi) is 3.05. The van der Waals surface area contributed by atoms with E-state index in [0.717, 1.165) is 23.8 Å². The van der Waals surface area contributed by atoms with E-state index in [0.29, 0.717) is 6.54 Å². The number of aromatic nitrogens is 3. The number of H-pyrrole nitrogens is 1. The minimum Gasteiger partial charge on any atom is -0.508 e. The van der Waals surface area contributed by atoms with Crippen LogP contribution in [-0.4, -0.2) is 20.3 Å². The maximum absolute atomic E-state index is 9.12. The predicted molar refractivity (Wildman–Crippen MR) is 61.2 cm³/mol. The monoisotopic (exact) mass is 218 g/mol. The van der Waals surface area contributed by atoms with E-state index in [1.165, 1.54) is 0 Å². The average Bonchev–Trinajstić information content (AvgIpc) is 2.76. The minimum absolute atomic E-state index is 0.262. The summed E-state index contributed by atoms with van der Waals surface area (Å²) in [6.07, 6.45) is 0.829. The molecule has 0 saturated carbocycles. The lowest BCUT2D eigenvalue weighted by atomic mass is 10.3. The molecule has 3 N–H and O–H groups in total. The zero-order valence-electron chi connectivity index (χ0n) is 9.07. The number of rotatable bonds is 4. The second-order valence-electron chi connectivity index (χ2n) is 3.45. The lowest BCUT2D eigenvalue weighted by Gasteiger charge is -2.03. The maximum Gasteiger partial charge on any atom is 0.150 e. The molecule has 0 radical (unpaired) electrons. The molecule has 1 heterocycles. The Morgan fingerprint density at radius 1 is 1.31 bits per heavy atom. The van der Waals surface area contributed by atoms with Crippen LogP contribution in [-0.2, 0) is 13.0 Å². The van der Waals surface area contributed by atoms with Crippen LogP contribution >= 0.6 is 0 Å². The Hall–Kier alpha value is -2.04. The number of aromatic amines is 1. The first kappa shape index (κ1) is 10.5. The average molecular weight is 218 g/mol. The Morgan fingerprint density at radius 2 is 2.06 bits per heavy atom. The van der Waals surface area contributed by atoms with Crippen molar-refractivity contribution in [1.29, 1.82) is 0 Å². The van der Waals surface area contributed by atoms with Crippen LogP contribution < -0.4 is 5.32 Å². The van der Waals surface area contributed by atoms with Gasteiger partial charge in [0.15, 0.2) is 5.82 Å². The highest BCUT2D eigenvalue weighted by molar-refractivity contribution is 5.45. The second kappa shape index (κ2) is 4.65. The van der Waals surface area contributed by atoms with Gasteiger partial charge in [-0.1, -0.05) is 6.92 Å². The fourth-order valence-corrected chi connectivity index (χ4v) is 1.34. The highest BCUT2D eigenvalue weighted by Crippen LogP contribution is 2.13. The first-order valence-electron chi connectivity index (χ1n) is 5.21. The quantitative estimate of drug-likeness (QED) is 0.683. The van der Waals surface area contributed by atoms with Gasteiger partial charge in [0.2, 0.25) is 0 Å². The van der Waals surface area contributed by atoms with Crippen molar-refractivity contribution in [1.82, 2.24) is 15.2 Å². The molecule has 0 fully saturated rings. The van der Waals surface area contributed by atoms with E-state index in [9.17, 15) is 0 Å². The van der Waals surface area contributed by atoms with Gasteiger partial charge in [0.1, 0.15) is 11.6 Å². The normalized spacial score (nSPS) is 10.3. The predicted octanol–water partition coefficient (Wildman–Crippen LogP) is 1.68. The lowest BCUT2D eigenvalue weighted by molar-refractivity contribution is 0.475. The summed E-state index contributed by atoms with van der Waals surface area (Å²) in [5, 5.41) is 19.2. The number of anilines is 1. The molecule has 2 rings (SSSR count). The van der Waals surface area contributed by atoms with Crippen LogP contribution in [0.1, 0.15) is 18.6 Å². The fourth-order valence-electron chi connectivity index (χ4n) is 1.34. The van der Waals surface area contributed by atoms with Gasteiger partial charge in [-0.3, -0.25) is 5.10 Å². The molecule has 1 aromatic heterocycles. The third-order valence-corrected chi connectivity index (χ3v) is 2.22. The molecular weight excluding hydrogens is 204 g/mol. The fraction of sp³-hybridized carbons (Fsp3) is 0.273. The molecule has 0 amide bonds. The van der Waals surface area contributed by atoms with Gasteiger partial charge < -0.3 is 10.4 Å². The Bertz CT molecular complexity index is 449. The van der Waals surface area contributed by atoms with Crippen molar-refractivity contribution in [3.8, 4) is 5.75 Å². The van der Waals surface area contributed by atoms with Crippen LogP contribution in [0.2, 0.25) is 0 Å². The molecular formula is C11H14N4O. The van der Waals surface area contributed by atoms with Gasteiger partial charge in [-0.15, -0.1) is 0 Å². The van der Waals surface area contributed by atoms with Gasteiger partial charge in [0, 0.05) is 12.1 Å². The van der Waals surface area contributed by atoms with Crippen molar-refractivity contribution in [2.75, 3.05) is 5.32 Å². The SMILES string of the molecule is CCc1n[nH]c(CNc2ccc(O)cc2)n1. The molecule has 0 aliphatic heterocycles. The van der Waals surface area contributed by atoms with E-state index in [4.69, 9.17) is 5.11 Å². The van der Waals surface area contributed by atoms with Crippen LogP contribution in [0, 0.1) is 0 Å². The molecule has 0 spiro atoms. The minimum atomic E-state index is 0.262. The number of phenols is 1. The van der Waals surface area contributed by atoms with E-state index in [2.05, 4.69) is 20.5 Å². The van der Waals surface area contributed by atoms with Crippen molar-refractivity contribution >= 4 is 5.69 Å². The third kappa shape index (κ3) is 2.50. The number of nitrogens with zero attached hydrogens (tertiary/aromatic N) is 2. The van der Waals surface area contributed by atoms with Crippen LogP contribution in [0.5, 0.6) is 5.75 Å². The van der Waals surface area contributed by atoms with Gasteiger partial charge in [-0.25, -0.2) is 4.98 Å². The topological polar surface area (TPSA) is 73.8 Å². The van der Waals surface area contributed by atoms with Gasteiger partial charge in [0.05, 0.1) is 6.54 Å². The van der Waals surface area contributed by atoms with E-state index in [1.54, 1.807) is 12.1 Å². The number of aryl methyl sites for hydroxylation is 1. The largest absolute Gasteiger partial charge is 0.508 e. The Morgan fingerprint density at radius 3 is 2.69 bits per heavy atom. The molecule has 0 aliphatic carbocycles. The lowest BCUT2D eigenvalue weighted by Crippen LogP contribution is -2.01. The highest BCUT2D eigenvalue weighted by atomic mass is 16.3. The van der Waals surface area contributed by atoms with Crippen molar-refractivity contribution in [3.63, 3.8) is 0 Å². The molecule has 0 saturated heterocycles. The summed E-state index contributed by atoms with van der Waals surface area (Å²) in [6, 6.07) is 6.90. The van der Waals surface area contributed by atoms with Crippen molar-refractivity contribution in [3.05, 3.63) is 35.9 Å². The molecule has 5 heteroatoms. The first-order valence-corrected chi connectivity index (χ1v) is 5.21. The smallest absolute Gasteiger partial charge is 0.150 e. The summed E-state index contributed by atoms with van der Waals surface area (Å²) in [7, 11) is 0. The van der Waals surface area contributed by atoms with E-state index < -0.39 is 0 Å². The molecule has 0 atom stereocenters. The zero-order chi connectivity index (χ0) is 11.4. The molecule has 2 aromatic rings. The van der Waals surface area contributed by atoms with Crippen LogP contribution in [0.3, 0.4) is 0 Å². The van der Waals surface area contributed by atoms with Crippen LogP contribution in [0.25, 0.3) is 0 Å². The maximum atomic E-state index is 9.12. The highest BCUT2D eigenvalue weighted by Gasteiger charge is 2.00. The summed E-state index contributed by atoms with van der Waals surface area (Å²) >= 11 is 0. The molecule has 0 unspecified atom stereocenters. The number of nitrogens with one attached hydrogen (secondary N) is 2. The molecule has 84 valence electrons. The van der Waals surface area contributed by atoms with Crippen molar-refractivity contribution in [2.24, 2.45) is 0 Å². The Labute approximate surface area is 93.5 Å². The van der Waals surface area contributed by atoms with E-state index >= 15 is 0 Å². The molecule has 0 aliphatic rings. The molecule has 1 aromatic carbocycles. The molecule has 5 nitrogen and oxygen atoms in total. The zero-order valence-corrected chi connectivity index (χ0v) is 9.07. The standard InChI is InChI=1S/C11H14N4O/c1-2-10-13-11(15-14-10)7-12-8-3-5-9(16)6-4-8/h3-6,12,16H,2,7H2,1H3,(H,13,14,15). The molecule has 0 bridgehead atoms. The van der Waals surface area contributed by atoms with Gasteiger partial charge in [0.25, 0.3) is 0 Å².